The van der Waals surface area contributed by atoms with Crippen molar-refractivity contribution in [2.45, 2.75) is 70.1 Å². The van der Waals surface area contributed by atoms with Crippen LogP contribution in [0.25, 0.3) is 10.2 Å². The number of aromatic nitrogens is 2. The van der Waals surface area contributed by atoms with Gasteiger partial charge < -0.3 is 9.88 Å². The molecule has 1 aliphatic heterocycles. The molecule has 27 heavy (non-hydrogen) atoms. The molecule has 1 fully saturated rings. The van der Waals surface area contributed by atoms with Crippen molar-refractivity contribution < 1.29 is 4.79 Å². The number of piperidine rings is 1. The molecule has 1 amide bonds. The molecule has 2 aliphatic rings. The Kier molecular flexibility index (Phi) is 5.88. The zero-order valence-corrected chi connectivity index (χ0v) is 17.5. The molecule has 2 aromatic rings. The van der Waals surface area contributed by atoms with E-state index in [9.17, 15) is 9.59 Å². The molecule has 1 unspecified atom stereocenters. The van der Waals surface area contributed by atoms with Gasteiger partial charge in [-0.15, -0.1) is 23.1 Å². The van der Waals surface area contributed by atoms with Gasteiger partial charge >= 0.3 is 0 Å². The van der Waals surface area contributed by atoms with Gasteiger partial charge in [0.15, 0.2) is 0 Å². The number of hydrogen-bond acceptors (Lipinski definition) is 5. The molecule has 2 aromatic heterocycles. The first-order valence-electron chi connectivity index (χ1n) is 10.1. The highest BCUT2D eigenvalue weighted by Gasteiger charge is 2.25. The van der Waals surface area contributed by atoms with E-state index in [0.29, 0.717) is 23.4 Å². The second-order valence-electron chi connectivity index (χ2n) is 7.54. The number of aryl methyl sites for hydroxylation is 2. The summed E-state index contributed by atoms with van der Waals surface area (Å²) >= 11 is 3.23. The number of carbonyl (C=O) groups excluding carboxylic acids is 1. The van der Waals surface area contributed by atoms with Crippen LogP contribution in [0, 0.1) is 0 Å². The van der Waals surface area contributed by atoms with Gasteiger partial charge in [-0.1, -0.05) is 6.92 Å². The van der Waals surface area contributed by atoms with Gasteiger partial charge in [0.2, 0.25) is 5.91 Å². The molecule has 0 aromatic carbocycles. The van der Waals surface area contributed by atoms with Crippen molar-refractivity contribution in [3.63, 3.8) is 0 Å². The van der Waals surface area contributed by atoms with Crippen LogP contribution in [-0.2, 0) is 23.4 Å². The third-order valence-corrected chi connectivity index (χ3v) is 7.87. The minimum absolute atomic E-state index is 0.0107. The van der Waals surface area contributed by atoms with Gasteiger partial charge in [-0.2, -0.15) is 0 Å². The van der Waals surface area contributed by atoms with E-state index in [2.05, 4.69) is 16.8 Å². The lowest BCUT2D eigenvalue weighted by Gasteiger charge is -2.35. The summed E-state index contributed by atoms with van der Waals surface area (Å²) in [6, 6.07) is 0.401. The van der Waals surface area contributed by atoms with Gasteiger partial charge in [0.1, 0.15) is 10.7 Å². The fraction of sp³-hybridized carbons (Fsp3) is 0.650. The predicted octanol–water partition coefficient (Wildman–Crippen LogP) is 3.89. The van der Waals surface area contributed by atoms with Crippen molar-refractivity contribution >= 4 is 39.2 Å². The highest BCUT2D eigenvalue weighted by molar-refractivity contribution is 7.99. The molecule has 1 N–H and O–H groups in total. The van der Waals surface area contributed by atoms with Crippen LogP contribution in [0.3, 0.4) is 0 Å². The number of aromatic amines is 1. The van der Waals surface area contributed by atoms with Gasteiger partial charge in [-0.3, -0.25) is 9.59 Å². The lowest BCUT2D eigenvalue weighted by Crippen LogP contribution is -2.44. The van der Waals surface area contributed by atoms with E-state index >= 15 is 0 Å². The lowest BCUT2D eigenvalue weighted by atomic mass is 9.97. The average Bonchev–Trinajstić information content (AvgIpc) is 3.06. The Bertz CT molecular complexity index is 889. The summed E-state index contributed by atoms with van der Waals surface area (Å²) < 4.78 is 0. The molecule has 1 aliphatic carbocycles. The number of nitrogens with zero attached hydrogens (tertiary/aromatic N) is 2. The molecule has 0 spiro atoms. The van der Waals surface area contributed by atoms with Crippen molar-refractivity contribution in [1.82, 2.24) is 14.9 Å². The highest BCUT2D eigenvalue weighted by Crippen LogP contribution is 2.33. The van der Waals surface area contributed by atoms with Crippen LogP contribution in [0.4, 0.5) is 0 Å². The monoisotopic (exact) mass is 405 g/mol. The summed E-state index contributed by atoms with van der Waals surface area (Å²) in [5.74, 6) is 1.94. The van der Waals surface area contributed by atoms with E-state index in [0.717, 1.165) is 55.3 Å². The average molecular weight is 406 g/mol. The standard InChI is InChI=1S/C20H27N3O2S2/c1-2-13-7-5-6-10-23(13)17(24)12-26-11-16-21-19(25)18-14-8-3-4-9-15(14)27-20(18)22-16/h13H,2-12H2,1H3,(H,21,22,25). The molecule has 146 valence electrons. The molecule has 1 atom stereocenters. The van der Waals surface area contributed by atoms with Gasteiger partial charge in [0, 0.05) is 17.5 Å². The summed E-state index contributed by atoms with van der Waals surface area (Å²) in [5, 5.41) is 0.804. The number of H-pyrrole nitrogens is 1. The summed E-state index contributed by atoms with van der Waals surface area (Å²) in [4.78, 5) is 37.1. The maximum atomic E-state index is 12.6. The Labute approximate surface area is 167 Å². The Morgan fingerprint density at radius 3 is 3.00 bits per heavy atom. The second kappa shape index (κ2) is 8.35. The molecule has 0 bridgehead atoms. The molecule has 1 saturated heterocycles. The minimum Gasteiger partial charge on any atom is -0.339 e. The molecule has 7 heteroatoms. The molecular formula is C20H27N3O2S2. The first kappa shape index (κ1) is 19.0. The molecule has 0 radical (unpaired) electrons. The Balaban J connectivity index is 1.42. The normalized spacial score (nSPS) is 20.0. The second-order valence-corrected chi connectivity index (χ2v) is 9.61. The SMILES string of the molecule is CCC1CCCCN1C(=O)CSCc1nc2sc3c(c2c(=O)[nH]1)CCCC3. The van der Waals surface area contributed by atoms with Crippen molar-refractivity contribution in [3.05, 3.63) is 26.6 Å². The maximum absolute atomic E-state index is 12.6. The number of carbonyl (C=O) groups is 1. The van der Waals surface area contributed by atoms with E-state index in [1.165, 1.54) is 23.3 Å². The van der Waals surface area contributed by atoms with Gasteiger partial charge in [-0.05, 0) is 56.9 Å². The predicted molar refractivity (Wildman–Crippen MR) is 113 cm³/mol. The van der Waals surface area contributed by atoms with Crippen LogP contribution < -0.4 is 5.56 Å². The zero-order chi connectivity index (χ0) is 18.8. The third-order valence-electron chi connectivity index (χ3n) is 5.76. The summed E-state index contributed by atoms with van der Waals surface area (Å²) in [7, 11) is 0. The van der Waals surface area contributed by atoms with Crippen molar-refractivity contribution in [2.75, 3.05) is 12.3 Å². The maximum Gasteiger partial charge on any atom is 0.259 e. The zero-order valence-electron chi connectivity index (χ0n) is 15.9. The van der Waals surface area contributed by atoms with E-state index < -0.39 is 0 Å². The number of thioether (sulfide) groups is 1. The van der Waals surface area contributed by atoms with Crippen LogP contribution in [0.15, 0.2) is 4.79 Å². The van der Waals surface area contributed by atoms with Crippen molar-refractivity contribution in [3.8, 4) is 0 Å². The fourth-order valence-electron chi connectivity index (χ4n) is 4.35. The van der Waals surface area contributed by atoms with E-state index in [1.54, 1.807) is 23.1 Å². The smallest absolute Gasteiger partial charge is 0.259 e. The van der Waals surface area contributed by atoms with E-state index in [4.69, 9.17) is 4.98 Å². The van der Waals surface area contributed by atoms with Crippen LogP contribution in [0.1, 0.15) is 61.7 Å². The lowest BCUT2D eigenvalue weighted by molar-refractivity contribution is -0.132. The van der Waals surface area contributed by atoms with E-state index in [1.807, 2.05) is 0 Å². The molecular weight excluding hydrogens is 378 g/mol. The number of thiophene rings is 1. The Morgan fingerprint density at radius 2 is 2.15 bits per heavy atom. The Morgan fingerprint density at radius 1 is 1.30 bits per heavy atom. The summed E-state index contributed by atoms with van der Waals surface area (Å²) in [5.41, 5.74) is 1.21. The largest absolute Gasteiger partial charge is 0.339 e. The number of likely N-dealkylation sites (tertiary alicyclic amines) is 1. The van der Waals surface area contributed by atoms with Crippen molar-refractivity contribution in [1.29, 1.82) is 0 Å². The number of amides is 1. The third kappa shape index (κ3) is 3.94. The summed E-state index contributed by atoms with van der Waals surface area (Å²) in [6.45, 7) is 3.05. The van der Waals surface area contributed by atoms with Crippen LogP contribution >= 0.6 is 23.1 Å². The quantitative estimate of drug-likeness (QED) is 0.820. The molecule has 5 nitrogen and oxygen atoms in total. The topological polar surface area (TPSA) is 66.1 Å². The van der Waals surface area contributed by atoms with Crippen molar-refractivity contribution in [2.24, 2.45) is 0 Å². The highest BCUT2D eigenvalue weighted by atomic mass is 32.2. The minimum atomic E-state index is -0.0107. The number of hydrogen-bond donors (Lipinski definition) is 1. The number of fused-ring (bicyclic) bond motifs is 3. The number of rotatable bonds is 5. The molecule has 4 rings (SSSR count). The first-order valence-corrected chi connectivity index (χ1v) is 12.0. The molecule has 3 heterocycles. The number of nitrogens with one attached hydrogen (secondary N) is 1. The van der Waals surface area contributed by atoms with E-state index in [-0.39, 0.29) is 11.5 Å². The van der Waals surface area contributed by atoms with Crippen LogP contribution in [0.5, 0.6) is 0 Å². The Hall–Kier alpha value is -1.34. The summed E-state index contributed by atoms with van der Waals surface area (Å²) in [6.07, 6.45) is 8.93. The molecule has 0 saturated carbocycles. The van der Waals surface area contributed by atoms with Gasteiger partial charge in [0.05, 0.1) is 16.9 Å². The van der Waals surface area contributed by atoms with Crippen LogP contribution in [0.2, 0.25) is 0 Å². The van der Waals surface area contributed by atoms with Crippen LogP contribution in [-0.4, -0.2) is 39.1 Å². The first-order chi connectivity index (χ1) is 13.2. The fourth-order valence-corrected chi connectivity index (χ4v) is 6.40. The van der Waals surface area contributed by atoms with Gasteiger partial charge in [0.25, 0.3) is 5.56 Å². The van der Waals surface area contributed by atoms with Gasteiger partial charge in [-0.25, -0.2) is 4.98 Å².